The van der Waals surface area contributed by atoms with E-state index in [1.165, 1.54) is 17.1 Å². The number of nitrogens with zero attached hydrogens (tertiary/aromatic N) is 2. The van der Waals surface area contributed by atoms with Gasteiger partial charge in [0, 0.05) is 5.71 Å². The number of rotatable bonds is 4. The zero-order valence-corrected chi connectivity index (χ0v) is 11.9. The van der Waals surface area contributed by atoms with E-state index in [1.807, 2.05) is 0 Å². The Morgan fingerprint density at radius 3 is 2.74 bits per heavy atom. The zero-order valence-electron chi connectivity index (χ0n) is 9.59. The first-order valence-electron chi connectivity index (χ1n) is 5.03. The van der Waals surface area contributed by atoms with Gasteiger partial charge in [-0.3, -0.25) is 4.79 Å². The van der Waals surface area contributed by atoms with Crippen molar-refractivity contribution in [1.29, 1.82) is 0 Å². The topological polar surface area (TPSA) is 71.4 Å². The van der Waals surface area contributed by atoms with Gasteiger partial charge in [-0.15, -0.1) is 4.33 Å². The maximum Gasteiger partial charge on any atom is 0.253 e. The first kappa shape index (κ1) is 14.6. The summed E-state index contributed by atoms with van der Waals surface area (Å²) in [5.41, 5.74) is 1.09. The average molecular weight is 323 g/mol. The summed E-state index contributed by atoms with van der Waals surface area (Å²) in [6, 6.07) is 2.98. The summed E-state index contributed by atoms with van der Waals surface area (Å²) in [4.78, 5) is 12.2. The first-order valence-corrected chi connectivity index (χ1v) is 6.53. The van der Waals surface area contributed by atoms with E-state index in [4.69, 9.17) is 28.5 Å². The molecule has 102 valence electrons. The van der Waals surface area contributed by atoms with Crippen molar-refractivity contribution in [3.05, 3.63) is 22.2 Å². The van der Waals surface area contributed by atoms with Gasteiger partial charge in [0.1, 0.15) is 0 Å². The van der Waals surface area contributed by atoms with Gasteiger partial charge in [0.15, 0.2) is 0 Å². The van der Waals surface area contributed by atoms with Crippen LogP contribution in [0, 0.1) is 0 Å². The molecule has 0 aliphatic carbocycles. The van der Waals surface area contributed by atoms with Gasteiger partial charge in [-0.2, -0.15) is 10.1 Å². The van der Waals surface area contributed by atoms with Gasteiger partial charge in [0.25, 0.3) is 5.91 Å². The molecule has 0 spiro atoms. The van der Waals surface area contributed by atoms with Gasteiger partial charge in [-0.1, -0.05) is 28.2 Å². The normalized spacial score (nSPS) is 15.1. The molecule has 0 radical (unpaired) electrons. The summed E-state index contributed by atoms with van der Waals surface area (Å²) >= 11 is 12.8. The summed E-state index contributed by atoms with van der Waals surface area (Å²) < 4.78 is 4.28. The van der Waals surface area contributed by atoms with Crippen LogP contribution in [0.25, 0.3) is 0 Å². The van der Waals surface area contributed by atoms with Crippen molar-refractivity contribution in [2.75, 3.05) is 5.01 Å². The number of anilines is 1. The number of carbonyl (C=O) groups is 1. The molecule has 1 aliphatic heterocycles. The van der Waals surface area contributed by atoms with Crippen LogP contribution in [0.15, 0.2) is 22.1 Å². The molecule has 1 aliphatic rings. The van der Waals surface area contributed by atoms with Crippen LogP contribution in [0.2, 0.25) is 10.0 Å². The maximum atomic E-state index is 11.7. The van der Waals surface area contributed by atoms with E-state index in [-0.39, 0.29) is 22.4 Å². The lowest BCUT2D eigenvalue weighted by Gasteiger charge is -2.15. The summed E-state index contributed by atoms with van der Waals surface area (Å²) in [5, 5.41) is 17.4. The van der Waals surface area contributed by atoms with Crippen LogP contribution >= 0.6 is 35.2 Å². The lowest BCUT2D eigenvalue weighted by atomic mass is 10.3. The Morgan fingerprint density at radius 2 is 2.16 bits per heavy atom. The minimum atomic E-state index is -0.175. The summed E-state index contributed by atoms with van der Waals surface area (Å²) in [6.45, 7) is 1.75. The van der Waals surface area contributed by atoms with E-state index in [9.17, 15) is 4.79 Å². The molecule has 0 saturated heterocycles. The molecule has 19 heavy (non-hydrogen) atoms. The van der Waals surface area contributed by atoms with Crippen molar-refractivity contribution in [2.45, 2.75) is 18.2 Å². The fraction of sp³-hybridized carbons (Fsp3) is 0.200. The van der Waals surface area contributed by atoms with Gasteiger partial charge < -0.3 is 0 Å². The van der Waals surface area contributed by atoms with Crippen LogP contribution < -0.4 is 5.01 Å². The van der Waals surface area contributed by atoms with Crippen molar-refractivity contribution in [1.82, 2.24) is 0 Å². The van der Waals surface area contributed by atoms with E-state index in [0.717, 1.165) is 0 Å². The minimum absolute atomic E-state index is 0.175. The lowest BCUT2D eigenvalue weighted by molar-refractivity contribution is -0.432. The Labute approximate surface area is 122 Å². The smallest absolute Gasteiger partial charge is 0.253 e. The Balaban J connectivity index is 2.33. The van der Waals surface area contributed by atoms with Crippen molar-refractivity contribution in [3.63, 3.8) is 0 Å². The average Bonchev–Trinajstić information content (AvgIpc) is 2.69. The number of hydrazone groups is 1. The Kier molecular flexibility index (Phi) is 4.67. The third-order valence-corrected chi connectivity index (χ3v) is 3.67. The summed E-state index contributed by atoms with van der Waals surface area (Å²) in [5.74, 6) is -0.175. The Hall–Kier alpha value is -0.830. The van der Waals surface area contributed by atoms with Gasteiger partial charge >= 0.3 is 0 Å². The predicted molar refractivity (Wildman–Crippen MR) is 72.3 cm³/mol. The lowest BCUT2D eigenvalue weighted by Crippen LogP contribution is -2.19. The van der Waals surface area contributed by atoms with Crippen molar-refractivity contribution >= 4 is 52.6 Å². The molecule has 1 heterocycles. The fourth-order valence-corrected chi connectivity index (χ4v) is 2.51. The van der Waals surface area contributed by atoms with Crippen LogP contribution in [-0.4, -0.2) is 16.9 Å². The standard InChI is InChI=1S/C10H8Cl2N2O4S/c1-5-2-10(15)14(13-5)8-3-7(12)9(4-6(8)11)19-18-17-16/h3-4,16H,2H2,1H3. The molecular weight excluding hydrogens is 315 g/mol. The summed E-state index contributed by atoms with van der Waals surface area (Å²) in [6.07, 6.45) is 0.256. The van der Waals surface area contributed by atoms with E-state index >= 15 is 0 Å². The highest BCUT2D eigenvalue weighted by molar-refractivity contribution is 7.94. The predicted octanol–water partition coefficient (Wildman–Crippen LogP) is 3.53. The largest absolute Gasteiger partial charge is 0.272 e. The van der Waals surface area contributed by atoms with Crippen LogP contribution in [0.4, 0.5) is 5.69 Å². The number of hydrogen-bond acceptors (Lipinski definition) is 6. The first-order chi connectivity index (χ1) is 9.02. The molecule has 0 saturated carbocycles. The Morgan fingerprint density at radius 1 is 1.42 bits per heavy atom. The second-order valence-corrected chi connectivity index (χ2v) is 5.23. The molecule has 0 unspecified atom stereocenters. The van der Waals surface area contributed by atoms with E-state index in [2.05, 4.69) is 14.5 Å². The highest BCUT2D eigenvalue weighted by Crippen LogP contribution is 2.38. The number of halogens is 2. The maximum absolute atomic E-state index is 11.7. The second-order valence-electron chi connectivity index (χ2n) is 3.68. The molecule has 1 aromatic carbocycles. The highest BCUT2D eigenvalue weighted by Gasteiger charge is 2.25. The molecule has 0 aromatic heterocycles. The van der Waals surface area contributed by atoms with Crippen molar-refractivity contribution < 1.29 is 19.4 Å². The monoisotopic (exact) mass is 322 g/mol. The molecule has 2 rings (SSSR count). The van der Waals surface area contributed by atoms with Crippen molar-refractivity contribution in [3.8, 4) is 0 Å². The third kappa shape index (κ3) is 3.19. The molecule has 1 N–H and O–H groups in total. The van der Waals surface area contributed by atoms with Crippen LogP contribution in [0.5, 0.6) is 0 Å². The second kappa shape index (κ2) is 6.08. The van der Waals surface area contributed by atoms with E-state index in [0.29, 0.717) is 28.3 Å². The Bertz CT molecular complexity index is 553. The highest BCUT2D eigenvalue weighted by atomic mass is 35.5. The van der Waals surface area contributed by atoms with Gasteiger partial charge in [-0.25, -0.2) is 5.26 Å². The molecule has 9 heteroatoms. The van der Waals surface area contributed by atoms with Crippen molar-refractivity contribution in [2.24, 2.45) is 5.10 Å². The minimum Gasteiger partial charge on any atom is -0.272 e. The molecule has 1 amide bonds. The van der Waals surface area contributed by atoms with Gasteiger partial charge in [0.05, 0.1) is 39.1 Å². The molecule has 0 bridgehead atoms. The number of amides is 1. The fourth-order valence-electron chi connectivity index (χ4n) is 1.54. The quantitative estimate of drug-likeness (QED) is 0.521. The van der Waals surface area contributed by atoms with E-state index < -0.39 is 0 Å². The SMILES string of the molecule is CC1=NN(c2cc(Cl)c(SOOO)cc2Cl)C(=O)C1. The molecular formula is C10H8Cl2N2O4S. The number of hydrogen-bond donors (Lipinski definition) is 1. The van der Waals surface area contributed by atoms with Gasteiger partial charge in [-0.05, 0) is 19.1 Å². The van der Waals surface area contributed by atoms with Crippen LogP contribution in [0.3, 0.4) is 0 Å². The number of carbonyl (C=O) groups excluding carboxylic acids is 1. The molecule has 0 fully saturated rings. The van der Waals surface area contributed by atoms with Crippen LogP contribution in [-0.2, 0) is 14.2 Å². The molecule has 1 aromatic rings. The third-order valence-electron chi connectivity index (χ3n) is 2.30. The zero-order chi connectivity index (χ0) is 14.0. The molecule has 0 atom stereocenters. The summed E-state index contributed by atoms with van der Waals surface area (Å²) in [7, 11) is 0. The number of benzene rings is 1. The van der Waals surface area contributed by atoms with Crippen LogP contribution in [0.1, 0.15) is 13.3 Å². The molecule has 6 nitrogen and oxygen atoms in total. The van der Waals surface area contributed by atoms with E-state index in [1.54, 1.807) is 6.92 Å². The van der Waals surface area contributed by atoms with Gasteiger partial charge in [0.2, 0.25) is 0 Å².